The summed E-state index contributed by atoms with van der Waals surface area (Å²) in [6, 6.07) is 6.33. The van der Waals surface area contributed by atoms with E-state index in [1.807, 2.05) is 12.4 Å². The molecule has 5 rings (SSSR count). The Hall–Kier alpha value is -2.29. The number of carbonyl (C=O) groups excluding carboxylic acids is 2. The van der Waals surface area contributed by atoms with Crippen LogP contribution in [0.5, 0.6) is 0 Å². The molecule has 2 amide bonds. The largest absolute Gasteiger partial charge is 0.299 e. The fraction of sp³-hybridized carbons (Fsp3) is 0.520. The maximum absolute atomic E-state index is 12.4. The minimum atomic E-state index is -0.298. The highest BCUT2D eigenvalue weighted by Crippen LogP contribution is 2.40. The summed E-state index contributed by atoms with van der Waals surface area (Å²) in [5.74, 6) is 1.04. The summed E-state index contributed by atoms with van der Waals surface area (Å²) in [6.07, 6.45) is 8.00. The van der Waals surface area contributed by atoms with Crippen molar-refractivity contribution < 1.29 is 9.59 Å². The molecule has 2 fully saturated rings. The Kier molecular flexibility index (Phi) is 6.49. The van der Waals surface area contributed by atoms with Gasteiger partial charge in [0.25, 0.3) is 0 Å². The number of imide groups is 1. The molecular formula is C25H31N5O2S. The normalized spacial score (nSPS) is 24.7. The monoisotopic (exact) mass is 465 g/mol. The van der Waals surface area contributed by atoms with E-state index < -0.39 is 0 Å². The molecule has 3 aliphatic heterocycles. The molecule has 7 nitrogen and oxygen atoms in total. The van der Waals surface area contributed by atoms with Crippen molar-refractivity contribution in [1.29, 1.82) is 0 Å². The van der Waals surface area contributed by atoms with Crippen molar-refractivity contribution in [2.75, 3.05) is 13.1 Å². The van der Waals surface area contributed by atoms with E-state index >= 15 is 0 Å². The second kappa shape index (κ2) is 9.52. The number of nitrogens with one attached hydrogen (secondary N) is 1. The number of fused-ring (bicyclic) bond motifs is 1. The highest BCUT2D eigenvalue weighted by atomic mass is 32.1. The lowest BCUT2D eigenvalue weighted by atomic mass is 9.95. The van der Waals surface area contributed by atoms with Gasteiger partial charge in [0.15, 0.2) is 0 Å². The highest BCUT2D eigenvalue weighted by Gasteiger charge is 2.39. The molecule has 0 aliphatic carbocycles. The molecule has 2 saturated heterocycles. The number of amides is 2. The average molecular weight is 466 g/mol. The maximum atomic E-state index is 12.4. The molecule has 4 heterocycles. The predicted molar refractivity (Wildman–Crippen MR) is 129 cm³/mol. The Morgan fingerprint density at radius 1 is 1.09 bits per heavy atom. The predicted octanol–water partition coefficient (Wildman–Crippen LogP) is 2.97. The Balaban J connectivity index is 1.19. The van der Waals surface area contributed by atoms with Crippen LogP contribution in [0, 0.1) is 0 Å². The summed E-state index contributed by atoms with van der Waals surface area (Å²) in [5, 5.41) is 2.34. The number of nitrogens with zero attached hydrogens (tertiary/aromatic N) is 4. The molecule has 2 unspecified atom stereocenters. The zero-order valence-corrected chi connectivity index (χ0v) is 19.9. The van der Waals surface area contributed by atoms with Crippen LogP contribution in [-0.4, -0.2) is 50.7 Å². The summed E-state index contributed by atoms with van der Waals surface area (Å²) in [7, 11) is 0. The number of carbonyl (C=O) groups is 2. The number of aryl methyl sites for hydroxylation is 1. The zero-order valence-electron chi connectivity index (χ0n) is 19.0. The third-order valence-electron chi connectivity index (χ3n) is 7.26. The lowest BCUT2D eigenvalue weighted by Crippen LogP contribution is -2.51. The van der Waals surface area contributed by atoms with Crippen LogP contribution >= 0.6 is 12.6 Å². The van der Waals surface area contributed by atoms with Crippen LogP contribution in [0.2, 0.25) is 0 Å². The van der Waals surface area contributed by atoms with Gasteiger partial charge in [0.2, 0.25) is 11.8 Å². The van der Waals surface area contributed by atoms with Crippen molar-refractivity contribution in [2.45, 2.75) is 69.5 Å². The molecule has 1 N–H and O–H groups in total. The summed E-state index contributed by atoms with van der Waals surface area (Å²) in [4.78, 5) is 37.7. The van der Waals surface area contributed by atoms with Crippen molar-refractivity contribution in [2.24, 2.45) is 0 Å². The molecule has 1 aromatic heterocycles. The summed E-state index contributed by atoms with van der Waals surface area (Å²) in [6.45, 7) is 5.80. The number of piperidine rings is 2. The van der Waals surface area contributed by atoms with Crippen LogP contribution in [0.3, 0.4) is 0 Å². The van der Waals surface area contributed by atoms with E-state index in [0.717, 1.165) is 44.7 Å². The Morgan fingerprint density at radius 3 is 2.55 bits per heavy atom. The average Bonchev–Trinajstić information content (AvgIpc) is 3.15. The highest BCUT2D eigenvalue weighted by molar-refractivity contribution is 7.80. The third kappa shape index (κ3) is 4.69. The van der Waals surface area contributed by atoms with Crippen molar-refractivity contribution in [1.82, 2.24) is 25.1 Å². The molecule has 8 heteroatoms. The number of thiol groups is 1. The van der Waals surface area contributed by atoms with Crippen molar-refractivity contribution in [3.05, 3.63) is 58.7 Å². The molecule has 0 radical (unpaired) electrons. The maximum Gasteiger partial charge on any atom is 0.243 e. The first-order valence-corrected chi connectivity index (χ1v) is 12.5. The topological polar surface area (TPSA) is 78.4 Å². The first kappa shape index (κ1) is 22.5. The van der Waals surface area contributed by atoms with Crippen LogP contribution in [0.25, 0.3) is 0 Å². The zero-order chi connectivity index (χ0) is 22.9. The molecule has 174 valence electrons. The molecule has 1 aromatic carbocycles. The summed E-state index contributed by atoms with van der Waals surface area (Å²) < 4.78 is 0. The van der Waals surface area contributed by atoms with Gasteiger partial charge in [0.1, 0.15) is 5.82 Å². The van der Waals surface area contributed by atoms with Gasteiger partial charge in [-0.3, -0.25) is 24.7 Å². The summed E-state index contributed by atoms with van der Waals surface area (Å²) in [5.41, 5.74) is 4.86. The first-order valence-electron chi connectivity index (χ1n) is 11.9. The second-order valence-corrected chi connectivity index (χ2v) is 9.89. The standard InChI is InChI=1S/C25H31N5O2S/c1-2-16-12-26-23(27-13-16)18-7-9-29(10-8-18)14-17-3-4-19-15-30(25(33)20(19)11-17)21-5-6-22(31)28-24(21)32/h3-4,11-13,18,21,25,33H,2,5-10,14-15H2,1H3,(H,28,31,32). The fourth-order valence-electron chi connectivity index (χ4n) is 5.23. The Bertz CT molecular complexity index is 1040. The quantitative estimate of drug-likeness (QED) is 0.522. The van der Waals surface area contributed by atoms with Gasteiger partial charge in [-0.2, -0.15) is 12.6 Å². The van der Waals surface area contributed by atoms with Gasteiger partial charge in [-0.25, -0.2) is 9.97 Å². The lowest BCUT2D eigenvalue weighted by molar-refractivity contribution is -0.137. The third-order valence-corrected chi connectivity index (χ3v) is 7.83. The number of likely N-dealkylation sites (tertiary alicyclic amines) is 1. The van der Waals surface area contributed by atoms with Crippen molar-refractivity contribution in [3.8, 4) is 0 Å². The first-order chi connectivity index (χ1) is 16.0. The number of benzene rings is 1. The van der Waals surface area contributed by atoms with Gasteiger partial charge in [-0.05, 0) is 61.0 Å². The van der Waals surface area contributed by atoms with Gasteiger partial charge >= 0.3 is 0 Å². The van der Waals surface area contributed by atoms with Crippen LogP contribution in [0.1, 0.15) is 72.0 Å². The Labute approximate surface area is 200 Å². The molecule has 2 aromatic rings. The lowest BCUT2D eigenvalue weighted by Gasteiger charge is -2.32. The minimum Gasteiger partial charge on any atom is -0.299 e. The second-order valence-electron chi connectivity index (χ2n) is 9.40. The molecule has 33 heavy (non-hydrogen) atoms. The van der Waals surface area contributed by atoms with Crippen molar-refractivity contribution >= 4 is 24.4 Å². The van der Waals surface area contributed by atoms with Crippen LogP contribution in [0.4, 0.5) is 0 Å². The molecule has 2 atom stereocenters. The van der Waals surface area contributed by atoms with E-state index in [0.29, 0.717) is 25.3 Å². The molecule has 0 saturated carbocycles. The fourth-order valence-corrected chi connectivity index (χ4v) is 5.72. The number of aromatic nitrogens is 2. The molecule has 0 spiro atoms. The van der Waals surface area contributed by atoms with Gasteiger partial charge in [0, 0.05) is 37.8 Å². The van der Waals surface area contributed by atoms with Gasteiger partial charge in [-0.15, -0.1) is 0 Å². The number of hydrogen-bond donors (Lipinski definition) is 2. The van der Waals surface area contributed by atoms with E-state index in [1.54, 1.807) is 0 Å². The Morgan fingerprint density at radius 2 is 1.85 bits per heavy atom. The van der Waals surface area contributed by atoms with E-state index in [9.17, 15) is 9.59 Å². The van der Waals surface area contributed by atoms with Crippen LogP contribution < -0.4 is 5.32 Å². The SMILES string of the molecule is CCc1cnc(C2CCN(Cc3ccc4c(c3)C(S)N(C3CCC(=O)NC3=O)C4)CC2)nc1. The number of rotatable bonds is 5. The smallest absolute Gasteiger partial charge is 0.243 e. The molecular weight excluding hydrogens is 434 g/mol. The van der Waals surface area contributed by atoms with E-state index in [4.69, 9.17) is 12.6 Å². The van der Waals surface area contributed by atoms with E-state index in [1.165, 1.54) is 22.3 Å². The van der Waals surface area contributed by atoms with E-state index in [2.05, 4.69) is 50.2 Å². The molecule has 3 aliphatic rings. The van der Waals surface area contributed by atoms with Crippen molar-refractivity contribution in [3.63, 3.8) is 0 Å². The van der Waals surface area contributed by atoms with Crippen LogP contribution in [-0.2, 0) is 29.1 Å². The van der Waals surface area contributed by atoms with E-state index in [-0.39, 0.29) is 23.2 Å². The summed E-state index contributed by atoms with van der Waals surface area (Å²) >= 11 is 4.85. The van der Waals surface area contributed by atoms with Gasteiger partial charge < -0.3 is 0 Å². The van der Waals surface area contributed by atoms with Crippen LogP contribution in [0.15, 0.2) is 30.6 Å². The minimum absolute atomic E-state index is 0.127. The number of hydrogen-bond acceptors (Lipinski definition) is 7. The van der Waals surface area contributed by atoms with Gasteiger partial charge in [-0.1, -0.05) is 25.1 Å². The van der Waals surface area contributed by atoms with Gasteiger partial charge in [0.05, 0.1) is 11.4 Å². The molecule has 0 bridgehead atoms.